The van der Waals surface area contributed by atoms with E-state index in [1.165, 1.54) is 270 Å². The van der Waals surface area contributed by atoms with Gasteiger partial charge in [0.2, 0.25) is 0 Å². The number of hydrogen-bond donors (Lipinski definition) is 2. The summed E-state index contributed by atoms with van der Waals surface area (Å²) < 4.78 is 33.0. The largest absolute Gasteiger partial charge is 0.472 e. The van der Waals surface area contributed by atoms with Crippen molar-refractivity contribution >= 4 is 19.8 Å². The lowest BCUT2D eigenvalue weighted by Crippen LogP contribution is -2.29. The molecule has 0 heterocycles. The van der Waals surface area contributed by atoms with Gasteiger partial charge in [0.15, 0.2) is 6.10 Å². The van der Waals surface area contributed by atoms with Crippen molar-refractivity contribution < 1.29 is 37.6 Å². The van der Waals surface area contributed by atoms with E-state index in [0.717, 1.165) is 38.5 Å². The van der Waals surface area contributed by atoms with E-state index in [4.69, 9.17) is 24.3 Å². The zero-order valence-corrected chi connectivity index (χ0v) is 50.0. The Bertz CT molecular complexity index is 1260. The second kappa shape index (κ2) is 60.7. The van der Waals surface area contributed by atoms with Crippen molar-refractivity contribution in [2.75, 3.05) is 26.4 Å². The van der Waals surface area contributed by atoms with Crippen molar-refractivity contribution in [2.24, 2.45) is 5.73 Å². The van der Waals surface area contributed by atoms with Gasteiger partial charge in [-0.3, -0.25) is 18.6 Å². The van der Waals surface area contributed by atoms with Gasteiger partial charge in [0.25, 0.3) is 0 Å². The first-order valence-corrected chi connectivity index (χ1v) is 33.8. The fourth-order valence-electron chi connectivity index (χ4n) is 9.79. The van der Waals surface area contributed by atoms with Crippen LogP contribution in [0.1, 0.15) is 341 Å². The zero-order valence-electron chi connectivity index (χ0n) is 49.1. The number of phosphoric ester groups is 1. The highest BCUT2D eigenvalue weighted by molar-refractivity contribution is 7.47. The highest BCUT2D eigenvalue weighted by Crippen LogP contribution is 2.43. The minimum atomic E-state index is -4.38. The topological polar surface area (TPSA) is 134 Å². The number of allylic oxidation sites excluding steroid dienone is 4. The number of hydrogen-bond acceptors (Lipinski definition) is 8. The van der Waals surface area contributed by atoms with Crippen molar-refractivity contribution in [3.8, 4) is 0 Å². The van der Waals surface area contributed by atoms with Crippen LogP contribution >= 0.6 is 7.82 Å². The van der Waals surface area contributed by atoms with E-state index >= 15 is 0 Å². The van der Waals surface area contributed by atoms with Gasteiger partial charge < -0.3 is 20.1 Å². The molecule has 0 bridgehead atoms. The van der Waals surface area contributed by atoms with E-state index in [-0.39, 0.29) is 38.6 Å². The summed E-state index contributed by atoms with van der Waals surface area (Å²) in [5.74, 6) is -0.807. The number of esters is 2. The van der Waals surface area contributed by atoms with Gasteiger partial charge in [0.05, 0.1) is 13.2 Å². The molecule has 0 radical (unpaired) electrons. The van der Waals surface area contributed by atoms with Crippen LogP contribution in [0.5, 0.6) is 0 Å². The summed E-state index contributed by atoms with van der Waals surface area (Å²) in [4.78, 5) is 35.1. The van der Waals surface area contributed by atoms with Gasteiger partial charge in [0, 0.05) is 19.4 Å². The second-order valence-corrected chi connectivity index (χ2v) is 23.4. The molecule has 0 rings (SSSR count). The molecule has 74 heavy (non-hydrogen) atoms. The lowest BCUT2D eigenvalue weighted by Gasteiger charge is -2.19. The van der Waals surface area contributed by atoms with E-state index in [1.807, 2.05) is 0 Å². The lowest BCUT2D eigenvalue weighted by atomic mass is 10.0. The molecule has 0 aliphatic carbocycles. The Balaban J connectivity index is 3.72. The minimum absolute atomic E-state index is 0.0573. The van der Waals surface area contributed by atoms with Crippen LogP contribution in [0.15, 0.2) is 24.3 Å². The summed E-state index contributed by atoms with van der Waals surface area (Å²) in [7, 11) is -4.38. The van der Waals surface area contributed by atoms with Gasteiger partial charge in [0.1, 0.15) is 6.61 Å². The number of phosphoric acid groups is 1. The Morgan fingerprint density at radius 1 is 0.405 bits per heavy atom. The molecule has 2 unspecified atom stereocenters. The molecular formula is C64H124NO8P. The van der Waals surface area contributed by atoms with Crippen LogP contribution in [0.4, 0.5) is 0 Å². The van der Waals surface area contributed by atoms with Gasteiger partial charge in [-0.2, -0.15) is 0 Å². The van der Waals surface area contributed by atoms with E-state index in [0.29, 0.717) is 6.42 Å². The summed E-state index contributed by atoms with van der Waals surface area (Å²) in [5.41, 5.74) is 5.38. The smallest absolute Gasteiger partial charge is 0.462 e. The molecule has 0 aliphatic rings. The quantitative estimate of drug-likeness (QED) is 0.0264. The van der Waals surface area contributed by atoms with Crippen LogP contribution in [0, 0.1) is 0 Å². The average molecular weight is 1070 g/mol. The van der Waals surface area contributed by atoms with Crippen LogP contribution in [0.25, 0.3) is 0 Å². The van der Waals surface area contributed by atoms with Gasteiger partial charge in [-0.25, -0.2) is 4.57 Å². The summed E-state index contributed by atoms with van der Waals surface area (Å²) in [6.45, 7) is 3.79. The Morgan fingerprint density at radius 3 is 1.03 bits per heavy atom. The summed E-state index contributed by atoms with van der Waals surface area (Å²) in [5, 5.41) is 0. The SMILES string of the molecule is CCCCCCC/C=C\C/C=C\CCCCCCCCCCCCCCCCCCCCCCCCCCCCCC(=O)OC(COC(=O)CCCCCCCCCCCCCCCC)COP(=O)(O)OCCN. The molecular weight excluding hydrogens is 942 g/mol. The minimum Gasteiger partial charge on any atom is -0.462 e. The number of unbranched alkanes of at least 4 members (excludes halogenated alkanes) is 45. The van der Waals surface area contributed by atoms with Crippen molar-refractivity contribution in [1.82, 2.24) is 0 Å². The number of rotatable bonds is 62. The first kappa shape index (κ1) is 72.5. The third-order valence-corrected chi connectivity index (χ3v) is 15.6. The average Bonchev–Trinajstić information content (AvgIpc) is 3.39. The predicted molar refractivity (Wildman–Crippen MR) is 317 cm³/mol. The highest BCUT2D eigenvalue weighted by atomic mass is 31.2. The number of carbonyl (C=O) groups is 2. The monoisotopic (exact) mass is 1070 g/mol. The Labute approximate surface area is 459 Å². The maximum Gasteiger partial charge on any atom is 0.472 e. The Hall–Kier alpha value is -1.51. The van der Waals surface area contributed by atoms with Gasteiger partial charge in [-0.1, -0.05) is 308 Å². The first-order chi connectivity index (χ1) is 36.3. The molecule has 0 aliphatic heterocycles. The molecule has 0 saturated carbocycles. The fourth-order valence-corrected chi connectivity index (χ4v) is 10.6. The highest BCUT2D eigenvalue weighted by Gasteiger charge is 2.26. The van der Waals surface area contributed by atoms with Gasteiger partial charge in [-0.15, -0.1) is 0 Å². The van der Waals surface area contributed by atoms with Crippen LogP contribution in [-0.2, 0) is 32.7 Å². The first-order valence-electron chi connectivity index (χ1n) is 32.3. The second-order valence-electron chi connectivity index (χ2n) is 22.0. The van der Waals surface area contributed by atoms with E-state index in [9.17, 15) is 19.0 Å². The molecule has 0 fully saturated rings. The molecule has 0 spiro atoms. The summed E-state index contributed by atoms with van der Waals surface area (Å²) in [6.07, 6.45) is 72.8. The van der Waals surface area contributed by atoms with Crippen molar-refractivity contribution in [3.05, 3.63) is 24.3 Å². The van der Waals surface area contributed by atoms with Crippen LogP contribution < -0.4 is 5.73 Å². The molecule has 0 aromatic rings. The zero-order chi connectivity index (χ0) is 53.8. The van der Waals surface area contributed by atoms with Crippen molar-refractivity contribution in [3.63, 3.8) is 0 Å². The Kier molecular flexibility index (Phi) is 59.5. The molecule has 9 nitrogen and oxygen atoms in total. The van der Waals surface area contributed by atoms with Crippen LogP contribution in [0.2, 0.25) is 0 Å². The maximum atomic E-state index is 12.7. The summed E-state index contributed by atoms with van der Waals surface area (Å²) in [6, 6.07) is 0. The Morgan fingerprint density at radius 2 is 0.703 bits per heavy atom. The summed E-state index contributed by atoms with van der Waals surface area (Å²) >= 11 is 0. The molecule has 10 heteroatoms. The van der Waals surface area contributed by atoms with E-state index in [1.54, 1.807) is 0 Å². The number of carbonyl (C=O) groups excluding carboxylic acids is 2. The molecule has 0 amide bonds. The lowest BCUT2D eigenvalue weighted by molar-refractivity contribution is -0.161. The van der Waals surface area contributed by atoms with Crippen LogP contribution in [0.3, 0.4) is 0 Å². The molecule has 3 N–H and O–H groups in total. The van der Waals surface area contributed by atoms with Crippen molar-refractivity contribution in [1.29, 1.82) is 0 Å². The fraction of sp³-hybridized carbons (Fsp3) is 0.906. The normalized spacial score (nSPS) is 13.1. The molecule has 0 aromatic carbocycles. The molecule has 2 atom stereocenters. The van der Waals surface area contributed by atoms with E-state index in [2.05, 4.69) is 38.2 Å². The van der Waals surface area contributed by atoms with Crippen molar-refractivity contribution in [2.45, 2.75) is 347 Å². The predicted octanol–water partition coefficient (Wildman–Crippen LogP) is 20.6. The number of nitrogens with two attached hydrogens (primary N) is 1. The standard InChI is InChI=1S/C64H124NO8P/c1-3-5-7-9-11-13-15-17-19-20-21-22-23-24-25-26-27-28-29-30-31-32-33-34-35-36-37-38-39-40-41-42-43-45-47-49-51-53-55-57-64(67)73-62(61-72-74(68,69)71-59-58-65)60-70-63(66)56-54-52-50-48-46-44-18-16-14-12-10-8-6-4-2/h15,17,20-21,62H,3-14,16,18-19,22-61,65H2,1-2H3,(H,68,69)/b17-15-,21-20-. The van der Waals surface area contributed by atoms with Crippen LogP contribution in [-0.4, -0.2) is 49.3 Å². The third-order valence-electron chi connectivity index (χ3n) is 14.6. The maximum absolute atomic E-state index is 12.7. The number of ether oxygens (including phenoxy) is 2. The van der Waals surface area contributed by atoms with E-state index < -0.39 is 26.5 Å². The van der Waals surface area contributed by atoms with Gasteiger partial charge in [-0.05, 0) is 44.9 Å². The molecule has 0 saturated heterocycles. The molecule has 0 aromatic heterocycles. The molecule has 438 valence electrons. The third kappa shape index (κ3) is 59.7. The van der Waals surface area contributed by atoms with Gasteiger partial charge >= 0.3 is 19.8 Å².